The number of nitrogens with two attached hydrogens (primary N) is 1. The van der Waals surface area contributed by atoms with Crippen LogP contribution in [-0.4, -0.2) is 22.0 Å². The molecule has 0 fully saturated rings. The largest absolute Gasteiger partial charge is 0.507 e. The predicted octanol–water partition coefficient (Wildman–Crippen LogP) is 2.23. The van der Waals surface area contributed by atoms with Crippen LogP contribution in [0, 0.1) is 0 Å². The van der Waals surface area contributed by atoms with Crippen molar-refractivity contribution in [2.75, 3.05) is 0 Å². The zero-order valence-corrected chi connectivity index (χ0v) is 11.5. The molecule has 0 spiro atoms. The first-order valence-corrected chi connectivity index (χ1v) is 6.30. The van der Waals surface area contributed by atoms with Gasteiger partial charge in [0, 0.05) is 17.5 Å². The van der Waals surface area contributed by atoms with Crippen molar-refractivity contribution >= 4 is 34.7 Å². The highest BCUT2D eigenvalue weighted by Gasteiger charge is 2.16. The maximum atomic E-state index is 12.0. The maximum absolute atomic E-state index is 12.0. The number of benzene rings is 1. The standard InChI is InChI=1S/C12H15ClN2O2S/c1-2-8(6-11(14)18)15-12(17)9-5-7(13)3-4-10(9)16/h3-5,8,16H,2,6H2,1H3,(H2,14,18)(H,15,17). The van der Waals surface area contributed by atoms with E-state index in [4.69, 9.17) is 29.6 Å². The summed E-state index contributed by atoms with van der Waals surface area (Å²) in [7, 11) is 0. The Morgan fingerprint density at radius 2 is 2.28 bits per heavy atom. The molecule has 0 aromatic heterocycles. The van der Waals surface area contributed by atoms with Gasteiger partial charge in [0.05, 0.1) is 10.6 Å². The Bertz CT molecular complexity index is 465. The molecule has 0 saturated carbocycles. The zero-order chi connectivity index (χ0) is 13.7. The van der Waals surface area contributed by atoms with Crippen molar-refractivity contribution in [3.05, 3.63) is 28.8 Å². The summed E-state index contributed by atoms with van der Waals surface area (Å²) in [5.41, 5.74) is 5.59. The Labute approximate surface area is 116 Å². The van der Waals surface area contributed by atoms with Gasteiger partial charge in [0.25, 0.3) is 5.91 Å². The molecular weight excluding hydrogens is 272 g/mol. The molecule has 1 aromatic rings. The summed E-state index contributed by atoms with van der Waals surface area (Å²) < 4.78 is 0. The summed E-state index contributed by atoms with van der Waals surface area (Å²) in [4.78, 5) is 12.3. The molecular formula is C12H15ClN2O2S. The van der Waals surface area contributed by atoms with Gasteiger partial charge in [-0.3, -0.25) is 4.79 Å². The quantitative estimate of drug-likeness (QED) is 0.726. The van der Waals surface area contributed by atoms with Crippen LogP contribution in [0.2, 0.25) is 5.02 Å². The van der Waals surface area contributed by atoms with Crippen LogP contribution in [0.5, 0.6) is 5.75 Å². The lowest BCUT2D eigenvalue weighted by Gasteiger charge is -2.16. The van der Waals surface area contributed by atoms with Crippen LogP contribution < -0.4 is 11.1 Å². The minimum Gasteiger partial charge on any atom is -0.507 e. The van der Waals surface area contributed by atoms with Crippen LogP contribution in [0.4, 0.5) is 0 Å². The molecule has 0 heterocycles. The van der Waals surface area contributed by atoms with E-state index >= 15 is 0 Å². The highest BCUT2D eigenvalue weighted by molar-refractivity contribution is 7.80. The molecule has 6 heteroatoms. The number of phenolic OH excluding ortho intramolecular Hbond substituents is 1. The summed E-state index contributed by atoms with van der Waals surface area (Å²) in [6.07, 6.45) is 1.13. The van der Waals surface area contributed by atoms with Crippen molar-refractivity contribution in [1.82, 2.24) is 5.32 Å². The second kappa shape index (κ2) is 6.56. The van der Waals surface area contributed by atoms with Gasteiger partial charge >= 0.3 is 0 Å². The van der Waals surface area contributed by atoms with Crippen LogP contribution in [0.15, 0.2) is 18.2 Å². The minimum atomic E-state index is -0.391. The lowest BCUT2D eigenvalue weighted by molar-refractivity contribution is 0.0934. The van der Waals surface area contributed by atoms with Gasteiger partial charge in [0.2, 0.25) is 0 Å². The first kappa shape index (κ1) is 14.7. The van der Waals surface area contributed by atoms with E-state index in [0.29, 0.717) is 22.9 Å². The fourth-order valence-electron chi connectivity index (χ4n) is 1.49. The van der Waals surface area contributed by atoms with E-state index < -0.39 is 5.91 Å². The monoisotopic (exact) mass is 286 g/mol. The number of halogens is 1. The molecule has 0 radical (unpaired) electrons. The van der Waals surface area contributed by atoms with Crippen molar-refractivity contribution in [1.29, 1.82) is 0 Å². The Morgan fingerprint density at radius 3 is 2.83 bits per heavy atom. The molecule has 0 aliphatic carbocycles. The second-order valence-corrected chi connectivity index (χ2v) is 4.87. The van der Waals surface area contributed by atoms with Crippen LogP contribution >= 0.6 is 23.8 Å². The third kappa shape index (κ3) is 4.16. The minimum absolute atomic E-state index is 0.109. The van der Waals surface area contributed by atoms with Gasteiger partial charge in [0.1, 0.15) is 5.75 Å². The van der Waals surface area contributed by atoms with E-state index in [9.17, 15) is 9.90 Å². The molecule has 98 valence electrons. The number of hydrogen-bond acceptors (Lipinski definition) is 3. The van der Waals surface area contributed by atoms with Crippen molar-refractivity contribution in [2.24, 2.45) is 5.73 Å². The lowest BCUT2D eigenvalue weighted by atomic mass is 10.1. The van der Waals surface area contributed by atoms with Crippen LogP contribution in [-0.2, 0) is 0 Å². The van der Waals surface area contributed by atoms with Gasteiger partial charge in [-0.1, -0.05) is 30.7 Å². The molecule has 4 N–H and O–H groups in total. The molecule has 4 nitrogen and oxygen atoms in total. The third-order valence-electron chi connectivity index (χ3n) is 2.48. The third-order valence-corrected chi connectivity index (χ3v) is 2.88. The van der Waals surface area contributed by atoms with Crippen LogP contribution in [0.25, 0.3) is 0 Å². The number of aromatic hydroxyl groups is 1. The first-order valence-electron chi connectivity index (χ1n) is 5.51. The van der Waals surface area contributed by atoms with E-state index in [0.717, 1.165) is 0 Å². The van der Waals surface area contributed by atoms with Gasteiger partial charge in [-0.25, -0.2) is 0 Å². The molecule has 18 heavy (non-hydrogen) atoms. The summed E-state index contributed by atoms with van der Waals surface area (Å²) in [5.74, 6) is -0.500. The smallest absolute Gasteiger partial charge is 0.255 e. The van der Waals surface area contributed by atoms with E-state index in [1.165, 1.54) is 18.2 Å². The fourth-order valence-corrected chi connectivity index (χ4v) is 1.87. The molecule has 0 aliphatic rings. The summed E-state index contributed by atoms with van der Waals surface area (Å²) in [6, 6.07) is 4.17. The topological polar surface area (TPSA) is 75.3 Å². The summed E-state index contributed by atoms with van der Waals surface area (Å²) >= 11 is 10.6. The lowest BCUT2D eigenvalue weighted by Crippen LogP contribution is -2.37. The number of hydrogen-bond donors (Lipinski definition) is 3. The Morgan fingerprint density at radius 1 is 1.61 bits per heavy atom. The van der Waals surface area contributed by atoms with Crippen molar-refractivity contribution in [2.45, 2.75) is 25.8 Å². The summed E-state index contributed by atoms with van der Waals surface area (Å²) in [6.45, 7) is 1.92. The van der Waals surface area contributed by atoms with Crippen molar-refractivity contribution in [3.8, 4) is 5.75 Å². The average molecular weight is 287 g/mol. The van der Waals surface area contributed by atoms with E-state index in [2.05, 4.69) is 5.32 Å². The Hall–Kier alpha value is -1.33. The Kier molecular flexibility index (Phi) is 5.37. The molecule has 1 rings (SSSR count). The number of thiocarbonyl (C=S) groups is 1. The normalized spacial score (nSPS) is 11.9. The zero-order valence-electron chi connectivity index (χ0n) is 9.94. The SMILES string of the molecule is CCC(CC(N)=S)NC(=O)c1cc(Cl)ccc1O. The van der Waals surface area contributed by atoms with Gasteiger partial charge in [-0.15, -0.1) is 0 Å². The van der Waals surface area contributed by atoms with Gasteiger partial charge < -0.3 is 16.2 Å². The van der Waals surface area contributed by atoms with Crippen LogP contribution in [0.3, 0.4) is 0 Å². The van der Waals surface area contributed by atoms with E-state index in [-0.39, 0.29) is 17.4 Å². The van der Waals surface area contributed by atoms with Gasteiger partial charge in [-0.05, 0) is 24.6 Å². The summed E-state index contributed by atoms with van der Waals surface area (Å²) in [5, 5.41) is 12.7. The van der Waals surface area contributed by atoms with Gasteiger partial charge in [0.15, 0.2) is 0 Å². The number of carbonyl (C=O) groups is 1. The number of phenols is 1. The molecule has 1 aromatic carbocycles. The number of carbonyl (C=O) groups excluding carboxylic acids is 1. The Balaban J connectivity index is 2.80. The van der Waals surface area contributed by atoms with E-state index in [1.807, 2.05) is 6.92 Å². The fraction of sp³-hybridized carbons (Fsp3) is 0.333. The number of rotatable bonds is 5. The molecule has 1 amide bonds. The van der Waals surface area contributed by atoms with E-state index in [1.54, 1.807) is 0 Å². The first-order chi connectivity index (χ1) is 8.43. The molecule has 1 atom stereocenters. The molecule has 0 bridgehead atoms. The highest BCUT2D eigenvalue weighted by Crippen LogP contribution is 2.21. The molecule has 0 aliphatic heterocycles. The van der Waals surface area contributed by atoms with Crippen molar-refractivity contribution < 1.29 is 9.90 Å². The van der Waals surface area contributed by atoms with Gasteiger partial charge in [-0.2, -0.15) is 0 Å². The average Bonchev–Trinajstić information content (AvgIpc) is 2.30. The number of amides is 1. The van der Waals surface area contributed by atoms with Crippen LogP contribution in [0.1, 0.15) is 30.1 Å². The molecule has 1 unspecified atom stereocenters. The number of nitrogens with one attached hydrogen (secondary N) is 1. The van der Waals surface area contributed by atoms with Crippen molar-refractivity contribution in [3.63, 3.8) is 0 Å². The highest BCUT2D eigenvalue weighted by atomic mass is 35.5. The second-order valence-electron chi connectivity index (χ2n) is 3.91. The maximum Gasteiger partial charge on any atom is 0.255 e. The predicted molar refractivity (Wildman–Crippen MR) is 76.1 cm³/mol. The molecule has 0 saturated heterocycles.